The van der Waals surface area contributed by atoms with Gasteiger partial charge in [0.1, 0.15) is 5.82 Å². The van der Waals surface area contributed by atoms with Crippen LogP contribution in [0.5, 0.6) is 0 Å². The normalized spacial score (nSPS) is 12.6. The van der Waals surface area contributed by atoms with E-state index in [0.29, 0.717) is 18.0 Å². The zero-order chi connectivity index (χ0) is 13.8. The van der Waals surface area contributed by atoms with Crippen molar-refractivity contribution in [1.29, 1.82) is 0 Å². The molecular formula is C12H16FN5O. The lowest BCUT2D eigenvalue weighted by atomic mass is 10.1. The standard InChI is InChI=1S/C12H16FN5O/c1-8(5-6-19-2)18-12(15-16-17-18)9-3-4-11(14)10(13)7-9/h3-4,7-8H,5-6,14H2,1-2H3. The Morgan fingerprint density at radius 2 is 2.26 bits per heavy atom. The lowest BCUT2D eigenvalue weighted by Crippen LogP contribution is -2.11. The first kappa shape index (κ1) is 13.4. The number of halogens is 1. The lowest BCUT2D eigenvalue weighted by molar-refractivity contribution is 0.178. The van der Waals surface area contributed by atoms with Gasteiger partial charge in [-0.3, -0.25) is 0 Å². The molecule has 1 atom stereocenters. The van der Waals surface area contributed by atoms with Crippen LogP contribution >= 0.6 is 0 Å². The van der Waals surface area contributed by atoms with Gasteiger partial charge in [0.15, 0.2) is 5.82 Å². The van der Waals surface area contributed by atoms with Crippen molar-refractivity contribution in [2.24, 2.45) is 0 Å². The fourth-order valence-electron chi connectivity index (χ4n) is 1.76. The molecule has 19 heavy (non-hydrogen) atoms. The van der Waals surface area contributed by atoms with Crippen molar-refractivity contribution >= 4 is 5.69 Å². The average molecular weight is 265 g/mol. The van der Waals surface area contributed by atoms with E-state index in [4.69, 9.17) is 10.5 Å². The van der Waals surface area contributed by atoms with Crippen LogP contribution in [0, 0.1) is 5.82 Å². The lowest BCUT2D eigenvalue weighted by Gasteiger charge is -2.13. The first-order valence-electron chi connectivity index (χ1n) is 5.95. The Bertz CT molecular complexity index is 557. The van der Waals surface area contributed by atoms with E-state index in [1.54, 1.807) is 17.9 Å². The molecule has 1 heterocycles. The van der Waals surface area contributed by atoms with Crippen LogP contribution in [0.4, 0.5) is 10.1 Å². The third kappa shape index (κ3) is 2.87. The summed E-state index contributed by atoms with van der Waals surface area (Å²) in [5.74, 6) is 0.0408. The van der Waals surface area contributed by atoms with Crippen molar-refractivity contribution in [3.8, 4) is 11.4 Å². The predicted molar refractivity (Wildman–Crippen MR) is 68.8 cm³/mol. The molecule has 102 valence electrons. The molecule has 0 aliphatic heterocycles. The molecule has 2 N–H and O–H groups in total. The Morgan fingerprint density at radius 3 is 2.95 bits per heavy atom. The molecule has 2 aromatic rings. The molecule has 0 aliphatic rings. The quantitative estimate of drug-likeness (QED) is 0.832. The van der Waals surface area contributed by atoms with Gasteiger partial charge in [0, 0.05) is 19.3 Å². The Kier molecular flexibility index (Phi) is 4.06. The third-order valence-corrected chi connectivity index (χ3v) is 2.91. The number of ether oxygens (including phenoxy) is 1. The van der Waals surface area contributed by atoms with E-state index >= 15 is 0 Å². The van der Waals surface area contributed by atoms with Crippen molar-refractivity contribution in [3.05, 3.63) is 24.0 Å². The summed E-state index contributed by atoms with van der Waals surface area (Å²) < 4.78 is 20.2. The number of aromatic nitrogens is 4. The van der Waals surface area contributed by atoms with Gasteiger partial charge in [0.25, 0.3) is 0 Å². The third-order valence-electron chi connectivity index (χ3n) is 2.91. The van der Waals surface area contributed by atoms with Gasteiger partial charge in [0.2, 0.25) is 0 Å². The monoisotopic (exact) mass is 265 g/mol. The maximum absolute atomic E-state index is 13.5. The molecule has 0 bridgehead atoms. The Balaban J connectivity index is 2.30. The van der Waals surface area contributed by atoms with Crippen LogP contribution in [-0.2, 0) is 4.74 Å². The summed E-state index contributed by atoms with van der Waals surface area (Å²) in [6.07, 6.45) is 0.770. The van der Waals surface area contributed by atoms with Gasteiger partial charge >= 0.3 is 0 Å². The fourth-order valence-corrected chi connectivity index (χ4v) is 1.76. The number of nitrogens with zero attached hydrogens (tertiary/aromatic N) is 4. The summed E-state index contributed by atoms with van der Waals surface area (Å²) in [6, 6.07) is 4.60. The van der Waals surface area contributed by atoms with Crippen LogP contribution in [0.15, 0.2) is 18.2 Å². The van der Waals surface area contributed by atoms with Crippen LogP contribution in [0.1, 0.15) is 19.4 Å². The van der Waals surface area contributed by atoms with Gasteiger partial charge < -0.3 is 10.5 Å². The number of nitrogens with two attached hydrogens (primary N) is 1. The maximum atomic E-state index is 13.5. The Labute approximate surface area is 110 Å². The van der Waals surface area contributed by atoms with E-state index in [0.717, 1.165) is 6.42 Å². The van der Waals surface area contributed by atoms with Crippen molar-refractivity contribution in [2.75, 3.05) is 19.5 Å². The first-order valence-corrected chi connectivity index (χ1v) is 5.95. The number of tetrazole rings is 1. The van der Waals surface area contributed by atoms with Gasteiger partial charge in [-0.05, 0) is 42.0 Å². The number of methoxy groups -OCH3 is 1. The van der Waals surface area contributed by atoms with E-state index in [1.165, 1.54) is 12.1 Å². The van der Waals surface area contributed by atoms with E-state index in [9.17, 15) is 4.39 Å². The highest BCUT2D eigenvalue weighted by atomic mass is 19.1. The summed E-state index contributed by atoms with van der Waals surface area (Å²) >= 11 is 0. The molecule has 7 heteroatoms. The number of hydrogen-bond acceptors (Lipinski definition) is 5. The van der Waals surface area contributed by atoms with E-state index in [-0.39, 0.29) is 11.7 Å². The zero-order valence-corrected chi connectivity index (χ0v) is 10.9. The molecule has 0 fully saturated rings. The van der Waals surface area contributed by atoms with Gasteiger partial charge in [-0.15, -0.1) is 5.10 Å². The van der Waals surface area contributed by atoms with Crippen LogP contribution < -0.4 is 5.73 Å². The minimum absolute atomic E-state index is 0.0607. The van der Waals surface area contributed by atoms with E-state index in [1.807, 2.05) is 6.92 Å². The van der Waals surface area contributed by atoms with Crippen molar-refractivity contribution < 1.29 is 9.13 Å². The molecule has 0 aliphatic carbocycles. The molecule has 0 spiro atoms. The fraction of sp³-hybridized carbons (Fsp3) is 0.417. The molecule has 2 rings (SSSR count). The van der Waals surface area contributed by atoms with Gasteiger partial charge in [-0.1, -0.05) is 0 Å². The zero-order valence-electron chi connectivity index (χ0n) is 10.9. The first-order chi connectivity index (χ1) is 9.13. The van der Waals surface area contributed by atoms with E-state index in [2.05, 4.69) is 15.5 Å². The minimum Gasteiger partial charge on any atom is -0.396 e. The smallest absolute Gasteiger partial charge is 0.182 e. The summed E-state index contributed by atoms with van der Waals surface area (Å²) in [6.45, 7) is 2.59. The SMILES string of the molecule is COCCC(C)n1nnnc1-c1ccc(N)c(F)c1. The average Bonchev–Trinajstić information content (AvgIpc) is 2.88. The second-order valence-electron chi connectivity index (χ2n) is 4.31. The maximum Gasteiger partial charge on any atom is 0.182 e. The summed E-state index contributed by atoms with van der Waals surface area (Å²) in [4.78, 5) is 0. The molecule has 0 saturated carbocycles. The second-order valence-corrected chi connectivity index (χ2v) is 4.31. The van der Waals surface area contributed by atoms with Crippen LogP contribution in [0.25, 0.3) is 11.4 Å². The summed E-state index contributed by atoms with van der Waals surface area (Å²) in [5.41, 5.74) is 6.16. The van der Waals surface area contributed by atoms with Crippen LogP contribution in [0.2, 0.25) is 0 Å². The molecular weight excluding hydrogens is 249 g/mol. The number of rotatable bonds is 5. The number of nitrogen functional groups attached to an aromatic ring is 1. The number of benzene rings is 1. The highest BCUT2D eigenvalue weighted by Gasteiger charge is 2.15. The van der Waals surface area contributed by atoms with E-state index < -0.39 is 5.82 Å². The molecule has 1 aromatic heterocycles. The van der Waals surface area contributed by atoms with Gasteiger partial charge in [0.05, 0.1) is 11.7 Å². The van der Waals surface area contributed by atoms with Crippen LogP contribution in [0.3, 0.4) is 0 Å². The molecule has 6 nitrogen and oxygen atoms in total. The minimum atomic E-state index is -0.475. The second kappa shape index (κ2) is 5.75. The molecule has 1 unspecified atom stereocenters. The highest BCUT2D eigenvalue weighted by Crippen LogP contribution is 2.23. The molecule has 1 aromatic carbocycles. The molecule has 0 radical (unpaired) electrons. The van der Waals surface area contributed by atoms with Crippen molar-refractivity contribution in [3.63, 3.8) is 0 Å². The van der Waals surface area contributed by atoms with Crippen LogP contribution in [-0.4, -0.2) is 33.9 Å². The Hall–Kier alpha value is -2.02. The van der Waals surface area contributed by atoms with Crippen molar-refractivity contribution in [2.45, 2.75) is 19.4 Å². The highest BCUT2D eigenvalue weighted by molar-refractivity contribution is 5.59. The summed E-state index contributed by atoms with van der Waals surface area (Å²) in [7, 11) is 1.64. The molecule has 0 amide bonds. The largest absolute Gasteiger partial charge is 0.396 e. The van der Waals surface area contributed by atoms with Crippen molar-refractivity contribution in [1.82, 2.24) is 20.2 Å². The van der Waals surface area contributed by atoms with Gasteiger partial charge in [-0.2, -0.15) is 0 Å². The number of hydrogen-bond donors (Lipinski definition) is 1. The number of anilines is 1. The molecule has 0 saturated heterocycles. The topological polar surface area (TPSA) is 78.8 Å². The summed E-state index contributed by atoms with van der Waals surface area (Å²) in [5, 5.41) is 11.5. The van der Waals surface area contributed by atoms with Gasteiger partial charge in [-0.25, -0.2) is 9.07 Å². The predicted octanol–water partition coefficient (Wildman–Crippen LogP) is 1.66. The Morgan fingerprint density at radius 1 is 1.47 bits per heavy atom.